The number of likely N-dealkylation sites (tertiary alicyclic amines) is 1. The van der Waals surface area contributed by atoms with Crippen LogP contribution in [0.3, 0.4) is 0 Å². The molecule has 1 aliphatic heterocycles. The van der Waals surface area contributed by atoms with Crippen LogP contribution in [-0.4, -0.2) is 36.1 Å². The van der Waals surface area contributed by atoms with E-state index in [1.165, 1.54) is 45.2 Å². The second-order valence-corrected chi connectivity index (χ2v) is 6.02. The van der Waals surface area contributed by atoms with E-state index in [-0.39, 0.29) is 5.54 Å². The molecule has 2 fully saturated rings. The second kappa shape index (κ2) is 6.04. The molecule has 0 bridgehead atoms. The minimum Gasteiger partial charge on any atom is -0.301 e. The van der Waals surface area contributed by atoms with Gasteiger partial charge in [0.05, 0.1) is 6.07 Å². The first kappa shape index (κ1) is 13.8. The van der Waals surface area contributed by atoms with Crippen molar-refractivity contribution in [1.82, 2.24) is 10.2 Å². The lowest BCUT2D eigenvalue weighted by Gasteiger charge is -2.31. The molecule has 0 radical (unpaired) electrons. The molecule has 1 heterocycles. The summed E-state index contributed by atoms with van der Waals surface area (Å²) in [7, 11) is 0. The van der Waals surface area contributed by atoms with Gasteiger partial charge in [-0.05, 0) is 64.6 Å². The van der Waals surface area contributed by atoms with Crippen molar-refractivity contribution >= 4 is 0 Å². The van der Waals surface area contributed by atoms with Gasteiger partial charge in [-0.25, -0.2) is 0 Å². The van der Waals surface area contributed by atoms with Gasteiger partial charge in [-0.3, -0.25) is 5.32 Å². The number of nitriles is 1. The Labute approximate surface area is 112 Å². The Morgan fingerprint density at radius 3 is 2.83 bits per heavy atom. The molecule has 0 spiro atoms. The predicted molar refractivity (Wildman–Crippen MR) is 74.2 cm³/mol. The molecular formula is C15H27N3. The van der Waals surface area contributed by atoms with Crippen molar-refractivity contribution in [3.05, 3.63) is 0 Å². The third kappa shape index (κ3) is 2.70. The molecule has 1 aliphatic carbocycles. The topological polar surface area (TPSA) is 39.1 Å². The molecule has 0 amide bonds. The van der Waals surface area contributed by atoms with Crippen LogP contribution in [0.15, 0.2) is 0 Å². The van der Waals surface area contributed by atoms with E-state index in [0.29, 0.717) is 5.92 Å². The van der Waals surface area contributed by atoms with Crippen molar-refractivity contribution in [3.63, 3.8) is 0 Å². The van der Waals surface area contributed by atoms with E-state index in [2.05, 4.69) is 30.1 Å². The van der Waals surface area contributed by atoms with Gasteiger partial charge in [0, 0.05) is 6.04 Å². The van der Waals surface area contributed by atoms with Gasteiger partial charge in [0.15, 0.2) is 0 Å². The number of rotatable bonds is 5. The SMILES string of the molecule is CCNC1(C#N)CCCC1CCN1CCCC1C. The number of nitrogens with one attached hydrogen (secondary N) is 1. The molecule has 1 N–H and O–H groups in total. The smallest absolute Gasteiger partial charge is 0.109 e. The largest absolute Gasteiger partial charge is 0.301 e. The molecule has 2 aliphatic rings. The molecule has 3 atom stereocenters. The van der Waals surface area contributed by atoms with Gasteiger partial charge in [0.1, 0.15) is 5.54 Å². The second-order valence-electron chi connectivity index (χ2n) is 6.02. The molecule has 18 heavy (non-hydrogen) atoms. The fourth-order valence-electron chi connectivity index (χ4n) is 3.85. The Kier molecular flexibility index (Phi) is 4.64. The fourth-order valence-corrected chi connectivity index (χ4v) is 3.85. The zero-order valence-electron chi connectivity index (χ0n) is 11.9. The van der Waals surface area contributed by atoms with Gasteiger partial charge >= 0.3 is 0 Å². The average Bonchev–Trinajstić information content (AvgIpc) is 2.94. The minimum atomic E-state index is -0.224. The Morgan fingerprint density at radius 2 is 2.22 bits per heavy atom. The first-order valence-electron chi connectivity index (χ1n) is 7.62. The molecular weight excluding hydrogens is 222 g/mol. The molecule has 102 valence electrons. The number of hydrogen-bond acceptors (Lipinski definition) is 3. The average molecular weight is 249 g/mol. The molecule has 0 aromatic carbocycles. The lowest BCUT2D eigenvalue weighted by Crippen LogP contribution is -2.47. The summed E-state index contributed by atoms with van der Waals surface area (Å²) in [6.45, 7) is 7.79. The maximum Gasteiger partial charge on any atom is 0.109 e. The standard InChI is InChI=1S/C15H27N3/c1-3-17-15(12-16)9-4-7-14(15)8-11-18-10-5-6-13(18)2/h13-14,17H,3-11H2,1-2H3. The van der Waals surface area contributed by atoms with E-state index in [9.17, 15) is 5.26 Å². The van der Waals surface area contributed by atoms with Crippen LogP contribution in [0.2, 0.25) is 0 Å². The monoisotopic (exact) mass is 249 g/mol. The van der Waals surface area contributed by atoms with Crippen LogP contribution in [0.25, 0.3) is 0 Å². The molecule has 0 aromatic heterocycles. The Morgan fingerprint density at radius 1 is 1.39 bits per heavy atom. The van der Waals surface area contributed by atoms with Crippen molar-refractivity contribution < 1.29 is 0 Å². The van der Waals surface area contributed by atoms with Gasteiger partial charge in [0.25, 0.3) is 0 Å². The lowest BCUT2D eigenvalue weighted by molar-refractivity contribution is 0.219. The molecule has 2 rings (SSSR count). The van der Waals surface area contributed by atoms with Crippen LogP contribution in [0.1, 0.15) is 52.4 Å². The van der Waals surface area contributed by atoms with E-state index in [1.54, 1.807) is 0 Å². The van der Waals surface area contributed by atoms with Crippen molar-refractivity contribution in [3.8, 4) is 6.07 Å². The molecule has 3 unspecified atom stereocenters. The van der Waals surface area contributed by atoms with Crippen LogP contribution in [0, 0.1) is 17.2 Å². The van der Waals surface area contributed by atoms with Crippen molar-refractivity contribution in [2.45, 2.75) is 64.0 Å². The summed E-state index contributed by atoms with van der Waals surface area (Å²) in [5.74, 6) is 0.551. The van der Waals surface area contributed by atoms with Crippen molar-refractivity contribution in [1.29, 1.82) is 5.26 Å². The molecule has 1 saturated heterocycles. The van der Waals surface area contributed by atoms with Gasteiger partial charge < -0.3 is 4.90 Å². The summed E-state index contributed by atoms with van der Waals surface area (Å²) in [5, 5.41) is 13.0. The van der Waals surface area contributed by atoms with E-state index in [4.69, 9.17) is 0 Å². The van der Waals surface area contributed by atoms with Crippen LogP contribution in [0.5, 0.6) is 0 Å². The zero-order chi connectivity index (χ0) is 13.0. The number of hydrogen-bond donors (Lipinski definition) is 1. The normalized spacial score (nSPS) is 36.9. The first-order chi connectivity index (χ1) is 8.72. The number of nitrogens with zero attached hydrogens (tertiary/aromatic N) is 2. The quantitative estimate of drug-likeness (QED) is 0.814. The van der Waals surface area contributed by atoms with E-state index in [1.807, 2.05) is 0 Å². The van der Waals surface area contributed by atoms with Crippen LogP contribution in [-0.2, 0) is 0 Å². The summed E-state index contributed by atoms with van der Waals surface area (Å²) in [4.78, 5) is 2.60. The van der Waals surface area contributed by atoms with Crippen LogP contribution < -0.4 is 5.32 Å². The third-order valence-electron chi connectivity index (χ3n) is 4.97. The maximum atomic E-state index is 9.54. The zero-order valence-corrected chi connectivity index (χ0v) is 11.9. The van der Waals surface area contributed by atoms with Crippen LogP contribution >= 0.6 is 0 Å². The van der Waals surface area contributed by atoms with E-state index < -0.39 is 0 Å². The van der Waals surface area contributed by atoms with Crippen LogP contribution in [0.4, 0.5) is 0 Å². The molecule has 1 saturated carbocycles. The molecule has 3 heteroatoms. The Hall–Kier alpha value is -0.590. The summed E-state index contributed by atoms with van der Waals surface area (Å²) in [5.41, 5.74) is -0.224. The highest BCUT2D eigenvalue weighted by molar-refractivity contribution is 5.14. The highest BCUT2D eigenvalue weighted by Gasteiger charge is 2.42. The maximum absolute atomic E-state index is 9.54. The van der Waals surface area contributed by atoms with E-state index in [0.717, 1.165) is 19.0 Å². The van der Waals surface area contributed by atoms with Crippen molar-refractivity contribution in [2.75, 3.05) is 19.6 Å². The predicted octanol–water partition coefficient (Wildman–Crippen LogP) is 2.53. The summed E-state index contributed by atoms with van der Waals surface area (Å²) < 4.78 is 0. The summed E-state index contributed by atoms with van der Waals surface area (Å²) in [6.07, 6.45) is 7.36. The van der Waals surface area contributed by atoms with Crippen molar-refractivity contribution in [2.24, 2.45) is 5.92 Å². The fraction of sp³-hybridized carbons (Fsp3) is 0.933. The summed E-state index contributed by atoms with van der Waals surface area (Å²) in [6, 6.07) is 3.34. The highest BCUT2D eigenvalue weighted by Crippen LogP contribution is 2.38. The highest BCUT2D eigenvalue weighted by atomic mass is 15.2. The first-order valence-corrected chi connectivity index (χ1v) is 7.62. The van der Waals surface area contributed by atoms with Gasteiger partial charge in [-0.1, -0.05) is 13.3 Å². The summed E-state index contributed by atoms with van der Waals surface area (Å²) >= 11 is 0. The van der Waals surface area contributed by atoms with Gasteiger partial charge in [-0.2, -0.15) is 5.26 Å². The molecule has 3 nitrogen and oxygen atoms in total. The van der Waals surface area contributed by atoms with Gasteiger partial charge in [-0.15, -0.1) is 0 Å². The van der Waals surface area contributed by atoms with Gasteiger partial charge in [0.2, 0.25) is 0 Å². The lowest BCUT2D eigenvalue weighted by atomic mass is 9.85. The Bertz CT molecular complexity index is 309. The molecule has 0 aromatic rings. The Balaban J connectivity index is 1.89. The van der Waals surface area contributed by atoms with E-state index >= 15 is 0 Å². The minimum absolute atomic E-state index is 0.224. The third-order valence-corrected chi connectivity index (χ3v) is 4.97.